The lowest BCUT2D eigenvalue weighted by molar-refractivity contribution is -0.131. The first-order valence-electron chi connectivity index (χ1n) is 6.83. The van der Waals surface area contributed by atoms with Gasteiger partial charge in [0.05, 0.1) is 5.69 Å². The number of unbranched alkanes of at least 4 members (excludes halogenated alkanes) is 1. The third-order valence-corrected chi connectivity index (χ3v) is 4.05. The molecule has 1 aromatic rings. The Balaban J connectivity index is 2.01. The zero-order chi connectivity index (χ0) is 13.2. The molecule has 0 bridgehead atoms. The first kappa shape index (κ1) is 13.1. The van der Waals surface area contributed by atoms with E-state index in [2.05, 4.69) is 17.2 Å². The molecule has 0 unspecified atom stereocenters. The van der Waals surface area contributed by atoms with Gasteiger partial charge in [-0.15, -0.1) is 0 Å². The van der Waals surface area contributed by atoms with Crippen LogP contribution in [0.2, 0.25) is 0 Å². The van der Waals surface area contributed by atoms with Gasteiger partial charge in [-0.1, -0.05) is 26.2 Å². The molecular weight excluding hydrogens is 228 g/mol. The van der Waals surface area contributed by atoms with E-state index in [1.165, 1.54) is 0 Å². The van der Waals surface area contributed by atoms with Gasteiger partial charge in [0.2, 0.25) is 5.91 Å². The fourth-order valence-electron chi connectivity index (χ4n) is 2.47. The molecular formula is C14H22N2O2. The monoisotopic (exact) mass is 250 g/mol. The molecule has 1 saturated carbocycles. The molecule has 2 rings (SSSR count). The summed E-state index contributed by atoms with van der Waals surface area (Å²) in [6.45, 7) is 5.89. The number of rotatable bonds is 5. The number of oxazole rings is 1. The van der Waals surface area contributed by atoms with E-state index in [0.29, 0.717) is 6.01 Å². The molecule has 4 nitrogen and oxygen atoms in total. The molecule has 1 heterocycles. The highest BCUT2D eigenvalue weighted by atomic mass is 16.4. The molecule has 1 aromatic heterocycles. The molecule has 0 aromatic carbocycles. The van der Waals surface area contributed by atoms with Gasteiger partial charge in [0.1, 0.15) is 5.76 Å². The van der Waals surface area contributed by atoms with Crippen molar-refractivity contribution in [2.24, 2.45) is 5.41 Å². The SMILES string of the molecule is CCCCC1(C(=O)Nc2nc(C)c(C)o2)CCC1. The largest absolute Gasteiger partial charge is 0.428 e. The minimum absolute atomic E-state index is 0.0865. The molecule has 18 heavy (non-hydrogen) atoms. The van der Waals surface area contributed by atoms with E-state index in [1.807, 2.05) is 13.8 Å². The number of anilines is 1. The van der Waals surface area contributed by atoms with Crippen LogP contribution < -0.4 is 5.32 Å². The van der Waals surface area contributed by atoms with Crippen molar-refractivity contribution in [1.29, 1.82) is 0 Å². The van der Waals surface area contributed by atoms with Gasteiger partial charge in [-0.25, -0.2) is 0 Å². The Bertz CT molecular complexity index is 414. The lowest BCUT2D eigenvalue weighted by Crippen LogP contribution is -2.42. The number of carbonyl (C=O) groups excluding carboxylic acids is 1. The van der Waals surface area contributed by atoms with E-state index in [4.69, 9.17) is 4.42 Å². The minimum Gasteiger partial charge on any atom is -0.428 e. The van der Waals surface area contributed by atoms with Crippen molar-refractivity contribution >= 4 is 11.9 Å². The Kier molecular flexibility index (Phi) is 3.73. The molecule has 1 fully saturated rings. The summed E-state index contributed by atoms with van der Waals surface area (Å²) in [6, 6.07) is 0.345. The van der Waals surface area contributed by atoms with Crippen LogP contribution in [-0.4, -0.2) is 10.9 Å². The fraction of sp³-hybridized carbons (Fsp3) is 0.714. The van der Waals surface area contributed by atoms with Crippen molar-refractivity contribution < 1.29 is 9.21 Å². The highest BCUT2D eigenvalue weighted by Gasteiger charge is 2.43. The van der Waals surface area contributed by atoms with Gasteiger partial charge in [-0.3, -0.25) is 10.1 Å². The van der Waals surface area contributed by atoms with E-state index in [-0.39, 0.29) is 11.3 Å². The second kappa shape index (κ2) is 5.12. The van der Waals surface area contributed by atoms with Gasteiger partial charge in [-0.2, -0.15) is 4.98 Å². The number of hydrogen-bond donors (Lipinski definition) is 1. The molecule has 1 N–H and O–H groups in total. The van der Waals surface area contributed by atoms with Crippen LogP contribution in [0, 0.1) is 19.3 Å². The van der Waals surface area contributed by atoms with E-state index in [1.54, 1.807) is 0 Å². The van der Waals surface area contributed by atoms with Gasteiger partial charge in [-0.05, 0) is 33.1 Å². The number of aryl methyl sites for hydroxylation is 2. The maximum absolute atomic E-state index is 12.3. The highest BCUT2D eigenvalue weighted by molar-refractivity contribution is 5.94. The van der Waals surface area contributed by atoms with Gasteiger partial charge in [0, 0.05) is 5.41 Å². The summed E-state index contributed by atoms with van der Waals surface area (Å²) < 4.78 is 5.41. The van der Waals surface area contributed by atoms with Crippen LogP contribution in [0.1, 0.15) is 56.9 Å². The average Bonchev–Trinajstić information content (AvgIpc) is 2.56. The van der Waals surface area contributed by atoms with E-state index >= 15 is 0 Å². The Morgan fingerprint density at radius 2 is 2.17 bits per heavy atom. The molecule has 100 valence electrons. The van der Waals surface area contributed by atoms with Crippen LogP contribution in [0.4, 0.5) is 6.01 Å². The van der Waals surface area contributed by atoms with Crippen molar-refractivity contribution in [3.63, 3.8) is 0 Å². The zero-order valence-electron chi connectivity index (χ0n) is 11.5. The van der Waals surface area contributed by atoms with E-state index in [9.17, 15) is 4.79 Å². The summed E-state index contributed by atoms with van der Waals surface area (Å²) >= 11 is 0. The lowest BCUT2D eigenvalue weighted by atomic mass is 9.65. The second-order valence-corrected chi connectivity index (χ2v) is 5.35. The average molecular weight is 250 g/mol. The third-order valence-electron chi connectivity index (χ3n) is 4.05. The summed E-state index contributed by atoms with van der Waals surface area (Å²) in [7, 11) is 0. The Labute approximate surface area is 108 Å². The van der Waals surface area contributed by atoms with Gasteiger partial charge in [0.15, 0.2) is 0 Å². The quantitative estimate of drug-likeness (QED) is 0.868. The fourth-order valence-corrected chi connectivity index (χ4v) is 2.47. The summed E-state index contributed by atoms with van der Waals surface area (Å²) in [5.74, 6) is 0.852. The standard InChI is InChI=1S/C14H22N2O2/c1-4-5-7-14(8-6-9-14)12(17)16-13-15-10(2)11(3)18-13/h4-9H2,1-3H3,(H,15,16,17). The molecule has 0 radical (unpaired) electrons. The van der Waals surface area contributed by atoms with Crippen molar-refractivity contribution in [3.8, 4) is 0 Å². The number of amides is 1. The highest BCUT2D eigenvalue weighted by Crippen LogP contribution is 2.45. The van der Waals surface area contributed by atoms with Crippen LogP contribution in [0.25, 0.3) is 0 Å². The third kappa shape index (κ3) is 2.42. The molecule has 4 heteroatoms. The van der Waals surface area contributed by atoms with Crippen LogP contribution in [0.15, 0.2) is 4.42 Å². The van der Waals surface area contributed by atoms with Gasteiger partial charge < -0.3 is 4.42 Å². The number of nitrogens with zero attached hydrogens (tertiary/aromatic N) is 1. The zero-order valence-corrected chi connectivity index (χ0v) is 11.5. The van der Waals surface area contributed by atoms with Gasteiger partial charge >= 0.3 is 6.01 Å². The molecule has 0 aliphatic heterocycles. The van der Waals surface area contributed by atoms with Crippen molar-refractivity contribution in [2.45, 2.75) is 59.3 Å². The van der Waals surface area contributed by atoms with Crippen molar-refractivity contribution in [3.05, 3.63) is 11.5 Å². The van der Waals surface area contributed by atoms with Gasteiger partial charge in [0.25, 0.3) is 0 Å². The van der Waals surface area contributed by atoms with Crippen LogP contribution in [-0.2, 0) is 4.79 Å². The predicted molar refractivity (Wildman–Crippen MR) is 70.4 cm³/mol. The van der Waals surface area contributed by atoms with E-state index < -0.39 is 0 Å². The number of carbonyl (C=O) groups is 1. The molecule has 1 aliphatic carbocycles. The number of hydrogen-bond acceptors (Lipinski definition) is 3. The summed E-state index contributed by atoms with van der Waals surface area (Å²) in [4.78, 5) is 16.5. The molecule has 0 atom stereocenters. The second-order valence-electron chi connectivity index (χ2n) is 5.35. The van der Waals surface area contributed by atoms with Crippen molar-refractivity contribution in [2.75, 3.05) is 5.32 Å². The summed E-state index contributed by atoms with van der Waals surface area (Å²) in [6.07, 6.45) is 6.37. The maximum atomic E-state index is 12.3. The maximum Gasteiger partial charge on any atom is 0.301 e. The minimum atomic E-state index is -0.160. The molecule has 1 aliphatic rings. The Morgan fingerprint density at radius 3 is 2.61 bits per heavy atom. The summed E-state index contributed by atoms with van der Waals surface area (Å²) in [5, 5.41) is 2.84. The smallest absolute Gasteiger partial charge is 0.301 e. The normalized spacial score (nSPS) is 17.3. The van der Waals surface area contributed by atoms with Crippen LogP contribution in [0.3, 0.4) is 0 Å². The van der Waals surface area contributed by atoms with Crippen LogP contribution >= 0.6 is 0 Å². The lowest BCUT2D eigenvalue weighted by Gasteiger charge is -2.39. The molecule has 1 amide bonds. The van der Waals surface area contributed by atoms with Crippen molar-refractivity contribution in [1.82, 2.24) is 4.98 Å². The number of aromatic nitrogens is 1. The number of nitrogens with one attached hydrogen (secondary N) is 1. The first-order chi connectivity index (χ1) is 8.57. The van der Waals surface area contributed by atoms with Crippen LogP contribution in [0.5, 0.6) is 0 Å². The molecule has 0 saturated heterocycles. The Morgan fingerprint density at radius 1 is 1.44 bits per heavy atom. The topological polar surface area (TPSA) is 55.1 Å². The van der Waals surface area contributed by atoms with E-state index in [0.717, 1.165) is 50.0 Å². The summed E-state index contributed by atoms with van der Waals surface area (Å²) in [5.41, 5.74) is 0.674. The first-order valence-corrected chi connectivity index (χ1v) is 6.83. The predicted octanol–water partition coefficient (Wildman–Crippen LogP) is 3.59. The Hall–Kier alpha value is -1.32. The molecule has 0 spiro atoms.